The summed E-state index contributed by atoms with van der Waals surface area (Å²) in [6, 6.07) is 1.76. The van der Waals surface area contributed by atoms with E-state index >= 15 is 0 Å². The lowest BCUT2D eigenvalue weighted by Gasteiger charge is -2.07. The molecule has 0 N–H and O–H groups in total. The lowest BCUT2D eigenvalue weighted by Crippen LogP contribution is -2.11. The van der Waals surface area contributed by atoms with Crippen molar-refractivity contribution in [2.24, 2.45) is 0 Å². The molecule has 0 aromatic carbocycles. The molecule has 2 heterocycles. The fourth-order valence-electron chi connectivity index (χ4n) is 1.52. The van der Waals surface area contributed by atoms with Gasteiger partial charge in [0.1, 0.15) is 0 Å². The Morgan fingerprint density at radius 2 is 2.35 bits per heavy atom. The Morgan fingerprint density at radius 1 is 1.53 bits per heavy atom. The van der Waals surface area contributed by atoms with E-state index in [0.29, 0.717) is 23.7 Å². The number of methoxy groups -OCH3 is 1. The molecular formula is C11H13N3O3. The monoisotopic (exact) mass is 235 g/mol. The van der Waals surface area contributed by atoms with Crippen molar-refractivity contribution >= 4 is 11.6 Å². The van der Waals surface area contributed by atoms with Gasteiger partial charge in [-0.1, -0.05) is 0 Å². The Hall–Kier alpha value is -2.11. The van der Waals surface area contributed by atoms with E-state index in [1.54, 1.807) is 29.9 Å². The van der Waals surface area contributed by atoms with Crippen LogP contribution in [0.25, 0.3) is 5.65 Å². The molecule has 2 aromatic heterocycles. The highest BCUT2D eigenvalue weighted by Crippen LogP contribution is 2.17. The van der Waals surface area contributed by atoms with Crippen LogP contribution in [0.2, 0.25) is 0 Å². The molecule has 0 atom stereocenters. The van der Waals surface area contributed by atoms with Crippen LogP contribution in [0, 0.1) is 0 Å². The molecule has 0 aliphatic rings. The Kier molecular flexibility index (Phi) is 3.22. The van der Waals surface area contributed by atoms with Crippen molar-refractivity contribution < 1.29 is 14.3 Å². The van der Waals surface area contributed by atoms with Crippen molar-refractivity contribution in [3.8, 4) is 5.75 Å². The molecular weight excluding hydrogens is 222 g/mol. The quantitative estimate of drug-likeness (QED) is 0.735. The van der Waals surface area contributed by atoms with E-state index in [2.05, 4.69) is 10.1 Å². The van der Waals surface area contributed by atoms with Crippen molar-refractivity contribution in [2.45, 2.75) is 13.3 Å². The summed E-state index contributed by atoms with van der Waals surface area (Å²) in [4.78, 5) is 15.7. The first-order valence-electron chi connectivity index (χ1n) is 5.27. The fraction of sp³-hybridized carbons (Fsp3) is 0.364. The third-order valence-corrected chi connectivity index (χ3v) is 2.26. The average Bonchev–Trinajstić information content (AvgIpc) is 2.75. The van der Waals surface area contributed by atoms with E-state index in [1.807, 2.05) is 0 Å². The maximum absolute atomic E-state index is 11.4. The molecule has 2 rings (SSSR count). The van der Waals surface area contributed by atoms with Crippen molar-refractivity contribution in [3.05, 3.63) is 24.2 Å². The number of fused-ring (bicyclic) bond motifs is 1. The Morgan fingerprint density at radius 3 is 3.06 bits per heavy atom. The third-order valence-electron chi connectivity index (χ3n) is 2.26. The number of carbonyl (C=O) groups is 1. The van der Waals surface area contributed by atoms with Gasteiger partial charge in [-0.15, -0.1) is 0 Å². The first-order valence-corrected chi connectivity index (χ1v) is 5.27. The summed E-state index contributed by atoms with van der Waals surface area (Å²) in [7, 11) is 1.53. The van der Waals surface area contributed by atoms with E-state index in [-0.39, 0.29) is 12.4 Å². The van der Waals surface area contributed by atoms with E-state index in [4.69, 9.17) is 9.47 Å². The normalized spacial score (nSPS) is 10.5. The van der Waals surface area contributed by atoms with Gasteiger partial charge in [0.15, 0.2) is 11.4 Å². The summed E-state index contributed by atoms with van der Waals surface area (Å²) in [5.41, 5.74) is 1.23. The van der Waals surface area contributed by atoms with Crippen LogP contribution in [0.1, 0.15) is 12.6 Å². The van der Waals surface area contributed by atoms with Gasteiger partial charge in [0.05, 0.1) is 38.2 Å². The Bertz CT molecular complexity index is 536. The summed E-state index contributed by atoms with van der Waals surface area (Å²) >= 11 is 0. The van der Waals surface area contributed by atoms with Crippen LogP contribution >= 0.6 is 0 Å². The van der Waals surface area contributed by atoms with Crippen molar-refractivity contribution in [2.75, 3.05) is 13.7 Å². The highest BCUT2D eigenvalue weighted by atomic mass is 16.5. The summed E-state index contributed by atoms with van der Waals surface area (Å²) in [5, 5.41) is 4.04. The van der Waals surface area contributed by atoms with Gasteiger partial charge >= 0.3 is 5.97 Å². The number of ether oxygens (including phenoxy) is 2. The van der Waals surface area contributed by atoms with Crippen LogP contribution in [0.4, 0.5) is 0 Å². The molecule has 6 heteroatoms. The Balaban J connectivity index is 2.33. The molecule has 2 aromatic rings. The molecule has 17 heavy (non-hydrogen) atoms. The highest BCUT2D eigenvalue weighted by Gasteiger charge is 2.13. The van der Waals surface area contributed by atoms with Gasteiger partial charge in [-0.25, -0.2) is 9.50 Å². The van der Waals surface area contributed by atoms with Crippen LogP contribution in [0.3, 0.4) is 0 Å². The number of nitrogens with zero attached hydrogens (tertiary/aromatic N) is 3. The number of carbonyl (C=O) groups excluding carboxylic acids is 1. The van der Waals surface area contributed by atoms with Crippen molar-refractivity contribution in [1.82, 2.24) is 14.6 Å². The summed E-state index contributed by atoms with van der Waals surface area (Å²) < 4.78 is 11.6. The number of hydrogen-bond donors (Lipinski definition) is 0. The Labute approximate surface area is 98.2 Å². The second-order valence-electron chi connectivity index (χ2n) is 3.37. The van der Waals surface area contributed by atoms with Gasteiger partial charge < -0.3 is 9.47 Å². The zero-order valence-electron chi connectivity index (χ0n) is 9.71. The molecule has 0 radical (unpaired) electrons. The smallest absolute Gasteiger partial charge is 0.312 e. The van der Waals surface area contributed by atoms with Crippen molar-refractivity contribution in [3.63, 3.8) is 0 Å². The fourth-order valence-corrected chi connectivity index (χ4v) is 1.52. The summed E-state index contributed by atoms with van der Waals surface area (Å²) in [5.74, 6) is 0.205. The topological polar surface area (TPSA) is 65.7 Å². The van der Waals surface area contributed by atoms with Gasteiger partial charge in [-0.2, -0.15) is 5.10 Å². The molecule has 90 valence electrons. The molecule has 0 saturated heterocycles. The van der Waals surface area contributed by atoms with Crippen LogP contribution in [0.5, 0.6) is 5.75 Å². The van der Waals surface area contributed by atoms with Crippen molar-refractivity contribution in [1.29, 1.82) is 0 Å². The second kappa shape index (κ2) is 4.82. The van der Waals surface area contributed by atoms with Crippen LogP contribution in [-0.4, -0.2) is 34.3 Å². The van der Waals surface area contributed by atoms with Crippen LogP contribution in [-0.2, 0) is 16.0 Å². The molecule has 0 unspecified atom stereocenters. The third kappa shape index (κ3) is 2.35. The van der Waals surface area contributed by atoms with Gasteiger partial charge in [-0.3, -0.25) is 4.79 Å². The molecule has 0 spiro atoms. The zero-order chi connectivity index (χ0) is 12.3. The molecule has 0 aliphatic heterocycles. The van der Waals surface area contributed by atoms with Gasteiger partial charge in [0.2, 0.25) is 0 Å². The molecule has 0 saturated carbocycles. The minimum absolute atomic E-state index is 0.0959. The first-order chi connectivity index (χ1) is 8.24. The van der Waals surface area contributed by atoms with E-state index in [9.17, 15) is 4.79 Å². The number of hydrogen-bond acceptors (Lipinski definition) is 5. The lowest BCUT2D eigenvalue weighted by molar-refractivity contribution is -0.142. The van der Waals surface area contributed by atoms with E-state index in [0.717, 1.165) is 0 Å². The van der Waals surface area contributed by atoms with Gasteiger partial charge in [0, 0.05) is 6.07 Å². The molecule has 0 bridgehead atoms. The molecule has 0 amide bonds. The number of aromatic nitrogens is 3. The predicted molar refractivity (Wildman–Crippen MR) is 59.9 cm³/mol. The zero-order valence-corrected chi connectivity index (χ0v) is 9.71. The number of rotatable bonds is 4. The minimum Gasteiger partial charge on any atom is -0.493 e. The summed E-state index contributed by atoms with van der Waals surface area (Å²) in [6.07, 6.45) is 3.42. The SMILES string of the molecule is CCOC(=O)Cc1nc2ccnn2cc1OC. The predicted octanol–water partition coefficient (Wildman–Crippen LogP) is 0.843. The maximum atomic E-state index is 11.4. The summed E-state index contributed by atoms with van der Waals surface area (Å²) in [6.45, 7) is 2.12. The standard InChI is InChI=1S/C11H13N3O3/c1-3-17-11(15)6-8-9(16-2)7-14-10(13-8)4-5-12-14/h4-5,7H,3,6H2,1-2H3. The maximum Gasteiger partial charge on any atom is 0.312 e. The average molecular weight is 235 g/mol. The highest BCUT2D eigenvalue weighted by molar-refractivity contribution is 5.73. The largest absolute Gasteiger partial charge is 0.493 e. The van der Waals surface area contributed by atoms with Gasteiger partial charge in [0.25, 0.3) is 0 Å². The molecule has 0 aliphatic carbocycles. The van der Waals surface area contributed by atoms with Crippen LogP contribution in [0.15, 0.2) is 18.5 Å². The lowest BCUT2D eigenvalue weighted by atomic mass is 10.3. The van der Waals surface area contributed by atoms with E-state index < -0.39 is 0 Å². The minimum atomic E-state index is -0.317. The van der Waals surface area contributed by atoms with Gasteiger partial charge in [-0.05, 0) is 6.92 Å². The molecule has 0 fully saturated rings. The van der Waals surface area contributed by atoms with E-state index in [1.165, 1.54) is 7.11 Å². The van der Waals surface area contributed by atoms with Crippen LogP contribution < -0.4 is 4.74 Å². The first kappa shape index (κ1) is 11.4. The number of esters is 1. The second-order valence-corrected chi connectivity index (χ2v) is 3.37. The molecule has 6 nitrogen and oxygen atoms in total.